The molecular formula is C14H16O5. The van der Waals surface area contributed by atoms with Crippen molar-refractivity contribution in [3.63, 3.8) is 0 Å². The molecule has 102 valence electrons. The number of fused-ring (bicyclic) bond motifs is 1. The Kier molecular flexibility index (Phi) is 3.50. The second kappa shape index (κ2) is 5.28. The number of carbonyl (C=O) groups excluding carboxylic acids is 1. The van der Waals surface area contributed by atoms with Crippen molar-refractivity contribution in [2.24, 2.45) is 0 Å². The molecule has 0 aromatic heterocycles. The Hall–Kier alpha value is -1.43. The van der Waals surface area contributed by atoms with Crippen LogP contribution in [0.5, 0.6) is 0 Å². The summed E-state index contributed by atoms with van der Waals surface area (Å²) in [5.41, 5.74) is 1.10. The van der Waals surface area contributed by atoms with E-state index in [4.69, 9.17) is 18.9 Å². The third-order valence-electron chi connectivity index (χ3n) is 3.22. The van der Waals surface area contributed by atoms with Crippen LogP contribution < -0.4 is 0 Å². The normalized spacial score (nSPS) is 31.8. The molecule has 2 fully saturated rings. The van der Waals surface area contributed by atoms with E-state index in [0.717, 1.165) is 5.56 Å². The number of epoxide rings is 1. The predicted molar refractivity (Wildman–Crippen MR) is 65.2 cm³/mol. The number of rotatable bonds is 5. The molecule has 4 atom stereocenters. The first-order valence-corrected chi connectivity index (χ1v) is 6.34. The lowest BCUT2D eigenvalue weighted by molar-refractivity contribution is -0.155. The summed E-state index contributed by atoms with van der Waals surface area (Å²) in [6.07, 6.45) is -0.633. The highest BCUT2D eigenvalue weighted by Crippen LogP contribution is 2.39. The van der Waals surface area contributed by atoms with Crippen molar-refractivity contribution in [1.29, 1.82) is 0 Å². The molecule has 0 aliphatic carbocycles. The van der Waals surface area contributed by atoms with Gasteiger partial charge in [-0.05, 0) is 5.56 Å². The third-order valence-corrected chi connectivity index (χ3v) is 3.22. The minimum absolute atomic E-state index is 0.0238. The molecular weight excluding hydrogens is 248 g/mol. The van der Waals surface area contributed by atoms with Crippen molar-refractivity contribution >= 4 is 5.97 Å². The number of benzene rings is 1. The lowest BCUT2D eigenvalue weighted by Gasteiger charge is -2.21. The molecule has 5 heteroatoms. The van der Waals surface area contributed by atoms with Gasteiger partial charge in [-0.3, -0.25) is 4.79 Å². The molecule has 2 heterocycles. The summed E-state index contributed by atoms with van der Waals surface area (Å²) in [7, 11) is 0. The molecule has 5 nitrogen and oxygen atoms in total. The van der Waals surface area contributed by atoms with Crippen LogP contribution in [-0.2, 0) is 30.3 Å². The summed E-state index contributed by atoms with van der Waals surface area (Å²) < 4.78 is 21.7. The maximum Gasteiger partial charge on any atom is 0.302 e. The molecule has 1 aromatic rings. The van der Waals surface area contributed by atoms with Crippen LogP contribution in [0.1, 0.15) is 12.5 Å². The van der Waals surface area contributed by atoms with E-state index in [2.05, 4.69) is 0 Å². The van der Waals surface area contributed by atoms with Gasteiger partial charge in [0.25, 0.3) is 0 Å². The highest BCUT2D eigenvalue weighted by Gasteiger charge is 2.58. The van der Waals surface area contributed by atoms with E-state index in [0.29, 0.717) is 6.61 Å². The van der Waals surface area contributed by atoms with E-state index in [1.807, 2.05) is 30.3 Å². The SMILES string of the molecule is CC(=O)OC[C@H]1O[C@@H]2O[C@H]2[C@H]1OCc1ccccc1. The van der Waals surface area contributed by atoms with E-state index in [9.17, 15) is 4.79 Å². The van der Waals surface area contributed by atoms with E-state index in [1.54, 1.807) is 0 Å². The molecule has 19 heavy (non-hydrogen) atoms. The second-order valence-corrected chi connectivity index (χ2v) is 4.71. The molecule has 0 spiro atoms. The molecule has 0 amide bonds. The fourth-order valence-electron chi connectivity index (χ4n) is 2.22. The van der Waals surface area contributed by atoms with Crippen LogP contribution in [0.25, 0.3) is 0 Å². The predicted octanol–water partition coefficient (Wildman–Crippen LogP) is 1.26. The van der Waals surface area contributed by atoms with Gasteiger partial charge in [0.2, 0.25) is 0 Å². The third kappa shape index (κ3) is 2.94. The number of hydrogen-bond donors (Lipinski definition) is 0. The van der Waals surface area contributed by atoms with Gasteiger partial charge in [-0.1, -0.05) is 30.3 Å². The molecule has 0 unspecified atom stereocenters. The van der Waals surface area contributed by atoms with Gasteiger partial charge in [0.1, 0.15) is 24.9 Å². The lowest BCUT2D eigenvalue weighted by atomic mass is 10.2. The standard InChI is InChI=1S/C14H16O5/c1-9(15)16-8-11-12(13-14(18-11)19-13)17-7-10-5-3-2-4-6-10/h2-6,11-14H,7-8H2,1H3/t11-,12+,13+,14-/m1/s1. The van der Waals surface area contributed by atoms with Gasteiger partial charge >= 0.3 is 5.97 Å². The monoisotopic (exact) mass is 264 g/mol. The first kappa shape index (κ1) is 12.6. The average Bonchev–Trinajstić information content (AvgIpc) is 3.09. The first-order chi connectivity index (χ1) is 9.24. The van der Waals surface area contributed by atoms with Gasteiger partial charge in [-0.15, -0.1) is 0 Å². The zero-order valence-electron chi connectivity index (χ0n) is 10.7. The Morgan fingerprint density at radius 2 is 2.05 bits per heavy atom. The van der Waals surface area contributed by atoms with Crippen LogP contribution in [0, 0.1) is 0 Å². The van der Waals surface area contributed by atoms with Crippen molar-refractivity contribution in [2.75, 3.05) is 6.61 Å². The Balaban J connectivity index is 1.54. The fourth-order valence-corrected chi connectivity index (χ4v) is 2.22. The molecule has 0 N–H and O–H groups in total. The van der Waals surface area contributed by atoms with E-state index >= 15 is 0 Å². The highest BCUT2D eigenvalue weighted by atomic mass is 16.8. The molecule has 0 bridgehead atoms. The minimum Gasteiger partial charge on any atom is -0.463 e. The highest BCUT2D eigenvalue weighted by molar-refractivity contribution is 5.65. The van der Waals surface area contributed by atoms with Crippen LogP contribution in [0.2, 0.25) is 0 Å². The zero-order valence-corrected chi connectivity index (χ0v) is 10.7. The zero-order chi connectivity index (χ0) is 13.2. The number of esters is 1. The number of hydrogen-bond acceptors (Lipinski definition) is 5. The molecule has 0 radical (unpaired) electrons. The molecule has 2 saturated heterocycles. The Bertz CT molecular complexity index is 446. The Morgan fingerprint density at radius 1 is 1.26 bits per heavy atom. The fraction of sp³-hybridized carbons (Fsp3) is 0.500. The maximum atomic E-state index is 10.8. The van der Waals surface area contributed by atoms with Gasteiger partial charge in [-0.25, -0.2) is 0 Å². The largest absolute Gasteiger partial charge is 0.463 e. The summed E-state index contributed by atoms with van der Waals surface area (Å²) in [5, 5.41) is 0. The van der Waals surface area contributed by atoms with Gasteiger partial charge in [0, 0.05) is 6.92 Å². The van der Waals surface area contributed by atoms with Crippen molar-refractivity contribution < 1.29 is 23.7 Å². The summed E-state index contributed by atoms with van der Waals surface area (Å²) in [6, 6.07) is 9.91. The van der Waals surface area contributed by atoms with Crippen LogP contribution in [0.15, 0.2) is 30.3 Å². The summed E-state index contributed by atoms with van der Waals surface area (Å²) in [6.45, 7) is 2.09. The number of carbonyl (C=O) groups is 1. The van der Waals surface area contributed by atoms with Crippen LogP contribution in [-0.4, -0.2) is 37.2 Å². The first-order valence-electron chi connectivity index (χ1n) is 6.34. The topological polar surface area (TPSA) is 57.3 Å². The average molecular weight is 264 g/mol. The quantitative estimate of drug-likeness (QED) is 0.592. The van der Waals surface area contributed by atoms with E-state index in [1.165, 1.54) is 6.92 Å². The van der Waals surface area contributed by atoms with Crippen molar-refractivity contribution in [2.45, 2.75) is 38.1 Å². The molecule has 2 aliphatic heterocycles. The van der Waals surface area contributed by atoms with Gasteiger partial charge in [0.15, 0.2) is 6.29 Å². The van der Waals surface area contributed by atoms with Crippen molar-refractivity contribution in [1.82, 2.24) is 0 Å². The summed E-state index contributed by atoms with van der Waals surface area (Å²) in [5.74, 6) is -0.313. The van der Waals surface area contributed by atoms with Crippen molar-refractivity contribution in [3.05, 3.63) is 35.9 Å². The van der Waals surface area contributed by atoms with Crippen LogP contribution >= 0.6 is 0 Å². The molecule has 0 saturated carbocycles. The van der Waals surface area contributed by atoms with Crippen LogP contribution in [0.3, 0.4) is 0 Å². The maximum absolute atomic E-state index is 10.8. The second-order valence-electron chi connectivity index (χ2n) is 4.71. The molecule has 1 aromatic carbocycles. The van der Waals surface area contributed by atoms with E-state index < -0.39 is 0 Å². The smallest absolute Gasteiger partial charge is 0.302 e. The lowest BCUT2D eigenvalue weighted by Crippen LogP contribution is -2.35. The summed E-state index contributed by atoms with van der Waals surface area (Å²) >= 11 is 0. The van der Waals surface area contributed by atoms with Crippen LogP contribution in [0.4, 0.5) is 0 Å². The van der Waals surface area contributed by atoms with Gasteiger partial charge in [-0.2, -0.15) is 0 Å². The minimum atomic E-state index is -0.313. The van der Waals surface area contributed by atoms with Gasteiger partial charge < -0.3 is 18.9 Å². The molecule has 2 aliphatic rings. The number of ether oxygens (including phenoxy) is 4. The Labute approximate surface area is 111 Å². The molecule has 3 rings (SSSR count). The van der Waals surface area contributed by atoms with E-state index in [-0.39, 0.29) is 37.2 Å². The summed E-state index contributed by atoms with van der Waals surface area (Å²) in [4.78, 5) is 10.8. The van der Waals surface area contributed by atoms with Crippen molar-refractivity contribution in [3.8, 4) is 0 Å². The van der Waals surface area contributed by atoms with Gasteiger partial charge in [0.05, 0.1) is 6.61 Å². The Morgan fingerprint density at radius 3 is 2.79 bits per heavy atom.